The Hall–Kier alpha value is -2.20. The fourth-order valence-electron chi connectivity index (χ4n) is 3.79. The average molecular weight is 351 g/mol. The van der Waals surface area contributed by atoms with Crippen molar-refractivity contribution in [1.29, 1.82) is 0 Å². The maximum absolute atomic E-state index is 12.6. The molecule has 2 heterocycles. The molecule has 0 bridgehead atoms. The van der Waals surface area contributed by atoms with Crippen molar-refractivity contribution >= 4 is 11.6 Å². The lowest BCUT2D eigenvalue weighted by molar-refractivity contribution is -0.117. The molecular weight excluding hydrogens is 322 g/mol. The van der Waals surface area contributed by atoms with Crippen LogP contribution in [-0.4, -0.2) is 35.4 Å². The van der Waals surface area contributed by atoms with Gasteiger partial charge in [-0.15, -0.1) is 0 Å². The van der Waals surface area contributed by atoms with Crippen LogP contribution in [-0.2, 0) is 17.6 Å². The van der Waals surface area contributed by atoms with Crippen LogP contribution in [0.5, 0.6) is 0 Å². The predicted octanol–water partition coefficient (Wildman–Crippen LogP) is 4.02. The fraction of sp³-hybridized carbons (Fsp3) is 0.455. The number of para-hydroxylation sites is 1. The predicted molar refractivity (Wildman–Crippen MR) is 106 cm³/mol. The maximum Gasteiger partial charge on any atom is 0.238 e. The second-order valence-electron chi connectivity index (χ2n) is 7.01. The van der Waals surface area contributed by atoms with Gasteiger partial charge in [0.05, 0.1) is 6.54 Å². The minimum Gasteiger partial charge on any atom is -0.324 e. The van der Waals surface area contributed by atoms with Crippen LogP contribution in [0.25, 0.3) is 0 Å². The molecule has 26 heavy (non-hydrogen) atoms. The summed E-state index contributed by atoms with van der Waals surface area (Å²) in [6, 6.07) is 12.4. The van der Waals surface area contributed by atoms with Crippen molar-refractivity contribution in [2.45, 2.75) is 45.4 Å². The van der Waals surface area contributed by atoms with Gasteiger partial charge in [-0.1, -0.05) is 38.1 Å². The number of aromatic nitrogens is 1. The Morgan fingerprint density at radius 3 is 2.35 bits per heavy atom. The quantitative estimate of drug-likeness (QED) is 0.855. The van der Waals surface area contributed by atoms with E-state index in [0.29, 0.717) is 12.5 Å². The lowest BCUT2D eigenvalue weighted by atomic mass is 9.93. The van der Waals surface area contributed by atoms with Crippen molar-refractivity contribution in [3.63, 3.8) is 0 Å². The van der Waals surface area contributed by atoms with E-state index in [1.807, 2.05) is 12.3 Å². The van der Waals surface area contributed by atoms with Crippen molar-refractivity contribution in [3.8, 4) is 0 Å². The molecule has 0 unspecified atom stereocenters. The number of nitrogens with zero attached hydrogens (tertiary/aromatic N) is 2. The number of hydrogen-bond donors (Lipinski definition) is 1. The van der Waals surface area contributed by atoms with Gasteiger partial charge in [-0.2, -0.15) is 0 Å². The number of carbonyl (C=O) groups excluding carboxylic acids is 1. The first kappa shape index (κ1) is 18.6. The maximum atomic E-state index is 12.6. The monoisotopic (exact) mass is 351 g/mol. The van der Waals surface area contributed by atoms with Crippen LogP contribution in [0, 0.1) is 0 Å². The number of hydrogen-bond acceptors (Lipinski definition) is 3. The Balaban J connectivity index is 1.55. The van der Waals surface area contributed by atoms with Crippen molar-refractivity contribution in [1.82, 2.24) is 9.88 Å². The third-order valence-corrected chi connectivity index (χ3v) is 5.32. The van der Waals surface area contributed by atoms with E-state index in [9.17, 15) is 4.79 Å². The number of carbonyl (C=O) groups is 1. The average Bonchev–Trinajstić information content (AvgIpc) is 2.69. The van der Waals surface area contributed by atoms with Gasteiger partial charge >= 0.3 is 0 Å². The molecule has 4 nitrogen and oxygen atoms in total. The van der Waals surface area contributed by atoms with Crippen LogP contribution >= 0.6 is 0 Å². The molecule has 3 rings (SSSR count). The standard InChI is InChI=1S/C22H29N3O/c1-3-17-8-7-9-18(4-2)22(17)24-21(26)16-25-14-11-19(12-15-25)20-10-5-6-13-23-20/h5-10,13,19H,3-4,11-12,14-16H2,1-2H3,(H,24,26). The summed E-state index contributed by atoms with van der Waals surface area (Å²) in [7, 11) is 0. The first-order valence-electron chi connectivity index (χ1n) is 9.75. The first-order chi connectivity index (χ1) is 12.7. The van der Waals surface area contributed by atoms with Crippen LogP contribution in [0.2, 0.25) is 0 Å². The molecule has 0 aliphatic carbocycles. The van der Waals surface area contributed by atoms with Crippen LogP contribution in [0.3, 0.4) is 0 Å². The molecular formula is C22H29N3O. The van der Waals surface area contributed by atoms with Crippen LogP contribution in [0.1, 0.15) is 49.4 Å². The lowest BCUT2D eigenvalue weighted by Crippen LogP contribution is -2.39. The molecule has 1 fully saturated rings. The van der Waals surface area contributed by atoms with E-state index in [4.69, 9.17) is 0 Å². The van der Waals surface area contributed by atoms with E-state index in [1.54, 1.807) is 0 Å². The fourth-order valence-corrected chi connectivity index (χ4v) is 3.79. The molecule has 4 heteroatoms. The molecule has 0 saturated carbocycles. The highest BCUT2D eigenvalue weighted by Gasteiger charge is 2.23. The van der Waals surface area contributed by atoms with Crippen molar-refractivity contribution in [2.75, 3.05) is 25.0 Å². The number of likely N-dealkylation sites (tertiary alicyclic amines) is 1. The molecule has 1 aliphatic heterocycles. The van der Waals surface area contributed by atoms with Crippen LogP contribution < -0.4 is 5.32 Å². The third kappa shape index (κ3) is 4.50. The van der Waals surface area contributed by atoms with Gasteiger partial charge in [0.25, 0.3) is 0 Å². The van der Waals surface area contributed by atoms with E-state index in [0.717, 1.165) is 44.5 Å². The first-order valence-corrected chi connectivity index (χ1v) is 9.75. The minimum atomic E-state index is 0.0943. The molecule has 0 spiro atoms. The SMILES string of the molecule is CCc1cccc(CC)c1NC(=O)CN1CCC(c2ccccn2)CC1. The summed E-state index contributed by atoms with van der Waals surface area (Å²) in [5, 5.41) is 3.18. The van der Waals surface area contributed by atoms with Gasteiger partial charge in [-0.25, -0.2) is 0 Å². The zero-order chi connectivity index (χ0) is 18.4. The summed E-state index contributed by atoms with van der Waals surface area (Å²) < 4.78 is 0. The smallest absolute Gasteiger partial charge is 0.238 e. The summed E-state index contributed by atoms with van der Waals surface area (Å²) >= 11 is 0. The summed E-state index contributed by atoms with van der Waals surface area (Å²) in [5.41, 5.74) is 4.63. The van der Waals surface area contributed by atoms with Gasteiger partial charge in [0, 0.05) is 23.5 Å². The number of aryl methyl sites for hydroxylation is 2. The molecule has 2 aromatic rings. The number of benzene rings is 1. The zero-order valence-electron chi connectivity index (χ0n) is 15.9. The van der Waals surface area contributed by atoms with Gasteiger partial charge < -0.3 is 5.32 Å². The zero-order valence-corrected chi connectivity index (χ0v) is 15.9. The van der Waals surface area contributed by atoms with E-state index in [2.05, 4.69) is 59.4 Å². The summed E-state index contributed by atoms with van der Waals surface area (Å²) in [5.74, 6) is 0.611. The Labute approximate surface area is 156 Å². The Morgan fingerprint density at radius 2 is 1.77 bits per heavy atom. The van der Waals surface area contributed by atoms with Crippen molar-refractivity contribution in [2.24, 2.45) is 0 Å². The highest BCUT2D eigenvalue weighted by molar-refractivity contribution is 5.93. The molecule has 138 valence electrons. The van der Waals surface area contributed by atoms with E-state index >= 15 is 0 Å². The number of anilines is 1. The topological polar surface area (TPSA) is 45.2 Å². The normalized spacial score (nSPS) is 15.8. The summed E-state index contributed by atoms with van der Waals surface area (Å²) in [4.78, 5) is 19.3. The van der Waals surface area contributed by atoms with E-state index < -0.39 is 0 Å². The molecule has 0 radical (unpaired) electrons. The third-order valence-electron chi connectivity index (χ3n) is 5.32. The Bertz CT molecular complexity index is 699. The van der Waals surface area contributed by atoms with Gasteiger partial charge in [0.1, 0.15) is 0 Å². The van der Waals surface area contributed by atoms with Crippen molar-refractivity contribution in [3.05, 3.63) is 59.4 Å². The summed E-state index contributed by atoms with van der Waals surface area (Å²) in [6.07, 6.45) is 5.86. The number of amides is 1. The van der Waals surface area contributed by atoms with E-state index in [-0.39, 0.29) is 5.91 Å². The summed E-state index contributed by atoms with van der Waals surface area (Å²) in [6.45, 7) is 6.63. The number of nitrogens with one attached hydrogen (secondary N) is 1. The number of pyridine rings is 1. The molecule has 1 aromatic carbocycles. The molecule has 1 aliphatic rings. The molecule has 0 atom stereocenters. The Morgan fingerprint density at radius 1 is 1.08 bits per heavy atom. The number of rotatable bonds is 6. The number of piperidine rings is 1. The highest BCUT2D eigenvalue weighted by atomic mass is 16.2. The lowest BCUT2D eigenvalue weighted by Gasteiger charge is -2.31. The minimum absolute atomic E-state index is 0.0943. The van der Waals surface area contributed by atoms with Crippen molar-refractivity contribution < 1.29 is 4.79 Å². The molecule has 1 saturated heterocycles. The van der Waals surface area contributed by atoms with E-state index in [1.165, 1.54) is 16.8 Å². The van der Waals surface area contributed by atoms with Gasteiger partial charge in [-0.05, 0) is 62.0 Å². The highest BCUT2D eigenvalue weighted by Crippen LogP contribution is 2.26. The Kier molecular flexibility index (Phi) is 6.40. The molecule has 1 amide bonds. The largest absolute Gasteiger partial charge is 0.324 e. The van der Waals surface area contributed by atoms with Crippen LogP contribution in [0.15, 0.2) is 42.6 Å². The second-order valence-corrected chi connectivity index (χ2v) is 7.01. The molecule has 1 N–H and O–H groups in total. The van der Waals surface area contributed by atoms with Crippen LogP contribution in [0.4, 0.5) is 5.69 Å². The van der Waals surface area contributed by atoms with Gasteiger partial charge in [0.2, 0.25) is 5.91 Å². The van der Waals surface area contributed by atoms with Gasteiger partial charge in [0.15, 0.2) is 0 Å². The second kappa shape index (κ2) is 8.95. The molecule has 1 aromatic heterocycles. The van der Waals surface area contributed by atoms with Gasteiger partial charge in [-0.3, -0.25) is 14.7 Å².